The van der Waals surface area contributed by atoms with Crippen LogP contribution in [0.15, 0.2) is 42.5 Å². The summed E-state index contributed by atoms with van der Waals surface area (Å²) in [6.07, 6.45) is -0.921. The number of benzene rings is 2. The summed E-state index contributed by atoms with van der Waals surface area (Å²) in [5.74, 6) is 0.498. The molecule has 1 atom stereocenters. The number of aliphatic hydroxyl groups is 1. The minimum atomic E-state index is -0.921. The summed E-state index contributed by atoms with van der Waals surface area (Å²) in [4.78, 5) is 0. The number of hydrogen-bond donors (Lipinski definition) is 1. The van der Waals surface area contributed by atoms with Crippen molar-refractivity contribution in [1.82, 2.24) is 0 Å². The second-order valence-electron chi connectivity index (χ2n) is 6.20. The third-order valence-electron chi connectivity index (χ3n) is 3.38. The van der Waals surface area contributed by atoms with Crippen molar-refractivity contribution in [1.29, 1.82) is 0 Å². The molecular formula is C18H21FO2. The van der Waals surface area contributed by atoms with E-state index in [0.29, 0.717) is 11.5 Å². The number of halogens is 1. The molecule has 112 valence electrons. The van der Waals surface area contributed by atoms with Gasteiger partial charge in [0, 0.05) is 0 Å². The molecule has 0 spiro atoms. The van der Waals surface area contributed by atoms with Crippen LogP contribution in [0.25, 0.3) is 0 Å². The van der Waals surface area contributed by atoms with Crippen LogP contribution in [0, 0.1) is 5.82 Å². The molecule has 21 heavy (non-hydrogen) atoms. The smallest absolute Gasteiger partial charge is 0.136 e. The summed E-state index contributed by atoms with van der Waals surface area (Å²) in [6, 6.07) is 12.3. The van der Waals surface area contributed by atoms with Gasteiger partial charge in [-0.15, -0.1) is 0 Å². The Morgan fingerprint density at radius 1 is 1.05 bits per heavy atom. The molecule has 2 rings (SSSR count). The highest BCUT2D eigenvalue weighted by molar-refractivity contribution is 5.41. The fourth-order valence-corrected chi connectivity index (χ4v) is 2.16. The molecule has 0 aliphatic carbocycles. The number of hydrogen-bond acceptors (Lipinski definition) is 2. The molecule has 0 aliphatic rings. The Morgan fingerprint density at radius 3 is 2.19 bits per heavy atom. The van der Waals surface area contributed by atoms with E-state index in [4.69, 9.17) is 4.74 Å². The highest BCUT2D eigenvalue weighted by Gasteiger charge is 2.16. The summed E-state index contributed by atoms with van der Waals surface area (Å²) in [5.41, 5.74) is 1.45. The standard InChI is InChI=1S/C18H21FO2/c1-12(20)17-15(19)6-5-7-16(17)21-14-10-8-13(9-11-14)18(2,3)4/h5-12,20H,1-4H3/t12-/m1/s1. The maximum absolute atomic E-state index is 13.8. The van der Waals surface area contributed by atoms with Gasteiger partial charge in [0.05, 0.1) is 11.7 Å². The largest absolute Gasteiger partial charge is 0.457 e. The summed E-state index contributed by atoms with van der Waals surface area (Å²) in [5, 5.41) is 9.69. The van der Waals surface area contributed by atoms with Gasteiger partial charge in [0.1, 0.15) is 17.3 Å². The van der Waals surface area contributed by atoms with Crippen LogP contribution in [0.3, 0.4) is 0 Å². The lowest BCUT2D eigenvalue weighted by atomic mass is 9.87. The molecule has 3 heteroatoms. The van der Waals surface area contributed by atoms with E-state index < -0.39 is 11.9 Å². The van der Waals surface area contributed by atoms with Crippen molar-refractivity contribution in [2.24, 2.45) is 0 Å². The minimum Gasteiger partial charge on any atom is -0.457 e. The quantitative estimate of drug-likeness (QED) is 0.864. The van der Waals surface area contributed by atoms with Crippen molar-refractivity contribution in [3.63, 3.8) is 0 Å². The average Bonchev–Trinajstić information content (AvgIpc) is 2.38. The lowest BCUT2D eigenvalue weighted by Gasteiger charge is -2.19. The fraction of sp³-hybridized carbons (Fsp3) is 0.333. The maximum Gasteiger partial charge on any atom is 0.136 e. The van der Waals surface area contributed by atoms with Gasteiger partial charge in [-0.3, -0.25) is 0 Å². The van der Waals surface area contributed by atoms with Crippen molar-refractivity contribution in [2.75, 3.05) is 0 Å². The van der Waals surface area contributed by atoms with Gasteiger partial charge in [0.2, 0.25) is 0 Å². The molecule has 2 aromatic rings. The molecule has 0 bridgehead atoms. The van der Waals surface area contributed by atoms with Gasteiger partial charge in [-0.25, -0.2) is 4.39 Å². The van der Waals surface area contributed by atoms with E-state index in [-0.39, 0.29) is 11.0 Å². The van der Waals surface area contributed by atoms with Crippen LogP contribution in [0.2, 0.25) is 0 Å². The Kier molecular flexibility index (Phi) is 4.33. The molecular weight excluding hydrogens is 267 g/mol. The average molecular weight is 288 g/mol. The highest BCUT2D eigenvalue weighted by Crippen LogP contribution is 2.32. The summed E-state index contributed by atoms with van der Waals surface area (Å²) < 4.78 is 19.5. The SMILES string of the molecule is C[C@@H](O)c1c(F)cccc1Oc1ccc(C(C)(C)C)cc1. The van der Waals surface area contributed by atoms with Crippen molar-refractivity contribution in [3.8, 4) is 11.5 Å². The van der Waals surface area contributed by atoms with Gasteiger partial charge in [-0.05, 0) is 42.2 Å². The van der Waals surface area contributed by atoms with Gasteiger partial charge in [-0.2, -0.15) is 0 Å². The van der Waals surface area contributed by atoms with Gasteiger partial charge >= 0.3 is 0 Å². The van der Waals surface area contributed by atoms with Crippen LogP contribution in [0.1, 0.15) is 44.9 Å². The molecule has 0 fully saturated rings. The minimum absolute atomic E-state index is 0.0716. The first kappa shape index (κ1) is 15.5. The van der Waals surface area contributed by atoms with Gasteiger partial charge < -0.3 is 9.84 Å². The van der Waals surface area contributed by atoms with Crippen LogP contribution in [-0.2, 0) is 5.41 Å². The van der Waals surface area contributed by atoms with E-state index in [0.717, 1.165) is 0 Å². The molecule has 0 unspecified atom stereocenters. The van der Waals surface area contributed by atoms with Crippen LogP contribution in [0.4, 0.5) is 4.39 Å². The normalized spacial score (nSPS) is 13.0. The molecule has 0 aromatic heterocycles. The van der Waals surface area contributed by atoms with Crippen LogP contribution in [0.5, 0.6) is 11.5 Å². The zero-order valence-corrected chi connectivity index (χ0v) is 12.9. The van der Waals surface area contributed by atoms with E-state index in [1.807, 2.05) is 24.3 Å². The third-order valence-corrected chi connectivity index (χ3v) is 3.38. The van der Waals surface area contributed by atoms with E-state index in [2.05, 4.69) is 20.8 Å². The molecule has 0 saturated carbocycles. The Morgan fingerprint density at radius 2 is 1.67 bits per heavy atom. The van der Waals surface area contributed by atoms with Crippen LogP contribution >= 0.6 is 0 Å². The highest BCUT2D eigenvalue weighted by atomic mass is 19.1. The van der Waals surface area contributed by atoms with Crippen LogP contribution < -0.4 is 4.74 Å². The Hall–Kier alpha value is -1.87. The molecule has 0 amide bonds. The zero-order chi connectivity index (χ0) is 15.6. The topological polar surface area (TPSA) is 29.5 Å². The number of ether oxygens (including phenoxy) is 1. The molecule has 0 saturated heterocycles. The number of aliphatic hydroxyl groups excluding tert-OH is 1. The molecule has 1 N–H and O–H groups in total. The monoisotopic (exact) mass is 288 g/mol. The van der Waals surface area contributed by atoms with Crippen molar-refractivity contribution < 1.29 is 14.2 Å². The molecule has 0 aliphatic heterocycles. The van der Waals surface area contributed by atoms with Gasteiger partial charge in [-0.1, -0.05) is 39.0 Å². The summed E-state index contributed by atoms with van der Waals surface area (Å²) in [7, 11) is 0. The van der Waals surface area contributed by atoms with Crippen LogP contribution in [-0.4, -0.2) is 5.11 Å². The number of rotatable bonds is 3. The first-order chi connectivity index (χ1) is 9.79. The van der Waals surface area contributed by atoms with Crippen molar-refractivity contribution in [2.45, 2.75) is 39.2 Å². The first-order valence-electron chi connectivity index (χ1n) is 7.04. The predicted octanol–water partition coefficient (Wildman–Crippen LogP) is 4.97. The van der Waals surface area contributed by atoms with Crippen molar-refractivity contribution >= 4 is 0 Å². The van der Waals surface area contributed by atoms with E-state index >= 15 is 0 Å². The summed E-state index contributed by atoms with van der Waals surface area (Å²) in [6.45, 7) is 7.94. The second-order valence-corrected chi connectivity index (χ2v) is 6.20. The Balaban J connectivity index is 2.29. The molecule has 2 nitrogen and oxygen atoms in total. The molecule has 2 aromatic carbocycles. The second kappa shape index (κ2) is 5.86. The molecule has 0 radical (unpaired) electrons. The van der Waals surface area contributed by atoms with E-state index in [1.165, 1.54) is 18.6 Å². The fourth-order valence-electron chi connectivity index (χ4n) is 2.16. The lowest BCUT2D eigenvalue weighted by molar-refractivity contribution is 0.190. The molecule has 0 heterocycles. The Labute approximate surface area is 125 Å². The summed E-state index contributed by atoms with van der Waals surface area (Å²) >= 11 is 0. The Bertz CT molecular complexity index is 610. The van der Waals surface area contributed by atoms with Crippen molar-refractivity contribution in [3.05, 3.63) is 59.4 Å². The van der Waals surface area contributed by atoms with E-state index in [9.17, 15) is 9.50 Å². The van der Waals surface area contributed by atoms with E-state index in [1.54, 1.807) is 12.1 Å². The van der Waals surface area contributed by atoms with Gasteiger partial charge in [0.15, 0.2) is 0 Å². The van der Waals surface area contributed by atoms with Gasteiger partial charge in [0.25, 0.3) is 0 Å². The predicted molar refractivity (Wildman–Crippen MR) is 82.2 cm³/mol. The zero-order valence-electron chi connectivity index (χ0n) is 12.9. The lowest BCUT2D eigenvalue weighted by Crippen LogP contribution is -2.10. The maximum atomic E-state index is 13.8. The first-order valence-corrected chi connectivity index (χ1v) is 7.04. The third kappa shape index (κ3) is 3.61.